The zero-order valence-electron chi connectivity index (χ0n) is 9.15. The molecule has 0 fully saturated rings. The van der Waals surface area contributed by atoms with E-state index < -0.39 is 0 Å². The van der Waals surface area contributed by atoms with Crippen LogP contribution in [0.1, 0.15) is 10.4 Å². The normalized spacial score (nSPS) is 10.1. The van der Waals surface area contributed by atoms with Gasteiger partial charge >= 0.3 is 0 Å². The Balaban J connectivity index is 2.21. The van der Waals surface area contributed by atoms with Crippen molar-refractivity contribution in [3.05, 3.63) is 51.2 Å². The summed E-state index contributed by atoms with van der Waals surface area (Å²) in [6.07, 6.45) is 1.57. The summed E-state index contributed by atoms with van der Waals surface area (Å²) >= 11 is 6.53. The second kappa shape index (κ2) is 5.49. The van der Waals surface area contributed by atoms with Crippen molar-refractivity contribution in [1.29, 1.82) is 0 Å². The fourth-order valence-electron chi connectivity index (χ4n) is 1.37. The molecule has 3 N–H and O–H groups in total. The number of carbonyl (C=O) groups excluding carboxylic acids is 1. The molecule has 0 saturated heterocycles. The van der Waals surface area contributed by atoms with Gasteiger partial charge in [0.25, 0.3) is 5.91 Å². The van der Waals surface area contributed by atoms with Crippen LogP contribution >= 0.6 is 31.9 Å². The first kappa shape index (κ1) is 13.0. The number of anilines is 2. The fourth-order valence-corrected chi connectivity index (χ4v) is 1.97. The van der Waals surface area contributed by atoms with Gasteiger partial charge in [0.2, 0.25) is 0 Å². The fraction of sp³-hybridized carbons (Fsp3) is 0. The molecular weight excluding hydrogens is 362 g/mol. The summed E-state index contributed by atoms with van der Waals surface area (Å²) in [6.45, 7) is 0. The number of nitrogens with one attached hydrogen (secondary N) is 1. The molecule has 0 atom stereocenters. The van der Waals surface area contributed by atoms with Crippen LogP contribution in [0.25, 0.3) is 0 Å². The molecule has 6 heteroatoms. The van der Waals surface area contributed by atoms with E-state index in [2.05, 4.69) is 42.2 Å². The van der Waals surface area contributed by atoms with Crippen molar-refractivity contribution in [2.75, 3.05) is 11.1 Å². The third-order valence-electron chi connectivity index (χ3n) is 2.25. The van der Waals surface area contributed by atoms with Crippen LogP contribution in [-0.4, -0.2) is 10.9 Å². The number of nitrogens with zero attached hydrogens (tertiary/aromatic N) is 1. The van der Waals surface area contributed by atoms with Gasteiger partial charge in [-0.2, -0.15) is 0 Å². The van der Waals surface area contributed by atoms with Gasteiger partial charge in [-0.25, -0.2) is 4.98 Å². The van der Waals surface area contributed by atoms with Crippen LogP contribution in [0.5, 0.6) is 0 Å². The lowest BCUT2D eigenvalue weighted by Gasteiger charge is -2.07. The summed E-state index contributed by atoms with van der Waals surface area (Å²) in [6, 6.07) is 8.64. The number of halogens is 2. The summed E-state index contributed by atoms with van der Waals surface area (Å²) in [5, 5.41) is 2.73. The number of hydrogen-bond acceptors (Lipinski definition) is 3. The number of amides is 1. The summed E-state index contributed by atoms with van der Waals surface area (Å²) < 4.78 is 1.51. The number of pyridine rings is 1. The van der Waals surface area contributed by atoms with Gasteiger partial charge in [-0.3, -0.25) is 4.79 Å². The highest BCUT2D eigenvalue weighted by Gasteiger charge is 2.10. The first-order valence-electron chi connectivity index (χ1n) is 5.04. The minimum atomic E-state index is -0.266. The number of nitrogens with two attached hydrogens (primary N) is 1. The third kappa shape index (κ3) is 3.08. The molecule has 2 aromatic rings. The number of aromatic nitrogens is 1. The van der Waals surface area contributed by atoms with Gasteiger partial charge in [-0.05, 0) is 46.3 Å². The summed E-state index contributed by atoms with van der Waals surface area (Å²) in [5.41, 5.74) is 7.23. The monoisotopic (exact) mass is 369 g/mol. The molecule has 0 saturated carbocycles. The molecule has 18 heavy (non-hydrogen) atoms. The molecule has 0 aliphatic rings. The van der Waals surface area contributed by atoms with Crippen LogP contribution in [0.3, 0.4) is 0 Å². The average Bonchev–Trinajstić information content (AvgIpc) is 2.35. The van der Waals surface area contributed by atoms with Gasteiger partial charge in [-0.15, -0.1) is 0 Å². The lowest BCUT2D eigenvalue weighted by molar-refractivity contribution is 0.102. The van der Waals surface area contributed by atoms with E-state index in [1.54, 1.807) is 36.5 Å². The molecule has 0 radical (unpaired) electrons. The van der Waals surface area contributed by atoms with Gasteiger partial charge in [0, 0.05) is 10.2 Å². The molecule has 1 amide bonds. The number of nitrogen functional groups attached to an aromatic ring is 1. The zero-order chi connectivity index (χ0) is 13.1. The maximum Gasteiger partial charge on any atom is 0.257 e. The Labute approximate surface area is 121 Å². The predicted molar refractivity (Wildman–Crippen MR) is 78.4 cm³/mol. The Hall–Kier alpha value is -1.40. The minimum absolute atomic E-state index is 0.266. The zero-order valence-corrected chi connectivity index (χ0v) is 12.3. The maximum absolute atomic E-state index is 12.0. The number of carbonyl (C=O) groups is 1. The van der Waals surface area contributed by atoms with Gasteiger partial charge in [0.15, 0.2) is 0 Å². The Kier molecular flexibility index (Phi) is 3.98. The van der Waals surface area contributed by atoms with Crippen LogP contribution < -0.4 is 11.1 Å². The van der Waals surface area contributed by atoms with Gasteiger partial charge < -0.3 is 11.1 Å². The van der Waals surface area contributed by atoms with Gasteiger partial charge in [-0.1, -0.05) is 15.9 Å². The number of hydrogen-bond donors (Lipinski definition) is 2. The highest BCUT2D eigenvalue weighted by Crippen LogP contribution is 2.20. The number of benzene rings is 1. The molecule has 1 aromatic carbocycles. The van der Waals surface area contributed by atoms with E-state index in [0.717, 1.165) is 4.47 Å². The molecule has 0 aliphatic heterocycles. The first-order valence-corrected chi connectivity index (χ1v) is 6.63. The molecule has 92 valence electrons. The Morgan fingerprint density at radius 3 is 2.67 bits per heavy atom. The van der Waals surface area contributed by atoms with Gasteiger partial charge in [0.05, 0.1) is 17.4 Å². The van der Waals surface area contributed by atoms with Crippen LogP contribution in [-0.2, 0) is 0 Å². The third-order valence-corrected chi connectivity index (χ3v) is 3.21. The highest BCUT2D eigenvalue weighted by atomic mass is 79.9. The molecule has 0 unspecified atom stereocenters. The Bertz CT molecular complexity index is 584. The topological polar surface area (TPSA) is 68.0 Å². The summed E-state index contributed by atoms with van der Waals surface area (Å²) in [7, 11) is 0. The molecule has 0 spiro atoms. The predicted octanol–water partition coefficient (Wildman–Crippen LogP) is 3.44. The van der Waals surface area contributed by atoms with Crippen molar-refractivity contribution in [3.8, 4) is 0 Å². The van der Waals surface area contributed by atoms with Crippen molar-refractivity contribution in [2.24, 2.45) is 0 Å². The maximum atomic E-state index is 12.0. The van der Waals surface area contributed by atoms with Crippen LogP contribution in [0.15, 0.2) is 45.6 Å². The quantitative estimate of drug-likeness (QED) is 0.628. The molecule has 0 bridgehead atoms. The van der Waals surface area contributed by atoms with E-state index in [1.165, 1.54) is 0 Å². The molecule has 1 heterocycles. The standard InChI is InChI=1S/C12H9Br2N3O/c13-7-1-3-10(15)9(5-7)12(18)17-8-2-4-11(14)16-6-8/h1-6H,15H2,(H,17,18). The smallest absolute Gasteiger partial charge is 0.257 e. The highest BCUT2D eigenvalue weighted by molar-refractivity contribution is 9.10. The van der Waals surface area contributed by atoms with E-state index in [-0.39, 0.29) is 5.91 Å². The molecular formula is C12H9Br2N3O. The SMILES string of the molecule is Nc1ccc(Br)cc1C(=O)Nc1ccc(Br)nc1. The Morgan fingerprint density at radius 1 is 1.22 bits per heavy atom. The van der Waals surface area contributed by atoms with Crippen molar-refractivity contribution >= 4 is 49.1 Å². The Morgan fingerprint density at radius 2 is 2.00 bits per heavy atom. The van der Waals surface area contributed by atoms with Gasteiger partial charge in [0.1, 0.15) is 4.60 Å². The lowest BCUT2D eigenvalue weighted by Crippen LogP contribution is -2.14. The average molecular weight is 371 g/mol. The molecule has 1 aromatic heterocycles. The summed E-state index contributed by atoms with van der Waals surface area (Å²) in [5.74, 6) is -0.266. The van der Waals surface area contributed by atoms with E-state index in [0.29, 0.717) is 21.5 Å². The van der Waals surface area contributed by atoms with Crippen molar-refractivity contribution in [2.45, 2.75) is 0 Å². The largest absolute Gasteiger partial charge is 0.398 e. The van der Waals surface area contributed by atoms with E-state index in [9.17, 15) is 4.79 Å². The second-order valence-electron chi connectivity index (χ2n) is 3.56. The van der Waals surface area contributed by atoms with E-state index in [1.807, 2.05) is 0 Å². The molecule has 4 nitrogen and oxygen atoms in total. The van der Waals surface area contributed by atoms with Crippen molar-refractivity contribution in [3.63, 3.8) is 0 Å². The van der Waals surface area contributed by atoms with Crippen molar-refractivity contribution in [1.82, 2.24) is 4.98 Å². The van der Waals surface area contributed by atoms with Crippen LogP contribution in [0.2, 0.25) is 0 Å². The van der Waals surface area contributed by atoms with Crippen LogP contribution in [0, 0.1) is 0 Å². The van der Waals surface area contributed by atoms with E-state index in [4.69, 9.17) is 5.73 Å². The molecule has 2 rings (SSSR count). The second-order valence-corrected chi connectivity index (χ2v) is 5.28. The number of rotatable bonds is 2. The summed E-state index contributed by atoms with van der Waals surface area (Å²) in [4.78, 5) is 16.0. The first-order chi connectivity index (χ1) is 8.56. The van der Waals surface area contributed by atoms with E-state index >= 15 is 0 Å². The van der Waals surface area contributed by atoms with Crippen LogP contribution in [0.4, 0.5) is 11.4 Å². The lowest BCUT2D eigenvalue weighted by atomic mass is 10.1. The molecule has 0 aliphatic carbocycles. The van der Waals surface area contributed by atoms with Crippen molar-refractivity contribution < 1.29 is 4.79 Å². The minimum Gasteiger partial charge on any atom is -0.398 e.